The number of amides is 2. The van der Waals surface area contributed by atoms with Gasteiger partial charge in [-0.2, -0.15) is 5.06 Å². The van der Waals surface area contributed by atoms with E-state index in [1.165, 1.54) is 0 Å². The summed E-state index contributed by atoms with van der Waals surface area (Å²) in [5.74, 6) is 0.606. The van der Waals surface area contributed by atoms with E-state index in [0.29, 0.717) is 17.1 Å². The van der Waals surface area contributed by atoms with Crippen LogP contribution in [0.1, 0.15) is 0 Å². The zero-order chi connectivity index (χ0) is 18.6. The van der Waals surface area contributed by atoms with Gasteiger partial charge in [0, 0.05) is 22.0 Å². The zero-order valence-electron chi connectivity index (χ0n) is 13.9. The number of nitrogens with one attached hydrogen (secondary N) is 4. The van der Waals surface area contributed by atoms with Crippen LogP contribution in [0.15, 0.2) is 81.8 Å². The number of rotatable bonds is 4. The second kappa shape index (κ2) is 7.42. The molecule has 2 aromatic carbocycles. The molecule has 0 fully saturated rings. The fourth-order valence-corrected chi connectivity index (χ4v) is 2.71. The number of aliphatic imine (C=N–C) groups is 1. The molecule has 2 aliphatic heterocycles. The molecule has 8 nitrogen and oxygen atoms in total. The third-order valence-electron chi connectivity index (χ3n) is 3.72. The Balaban J connectivity index is 1.35. The Morgan fingerprint density at radius 1 is 1.04 bits per heavy atom. The predicted octanol–water partition coefficient (Wildman–Crippen LogP) is 3.52. The van der Waals surface area contributed by atoms with Gasteiger partial charge >= 0.3 is 6.03 Å². The van der Waals surface area contributed by atoms with Gasteiger partial charge in [-0.05, 0) is 48.5 Å². The zero-order valence-corrected chi connectivity index (χ0v) is 15.5. The summed E-state index contributed by atoms with van der Waals surface area (Å²) < 4.78 is 0.949. The van der Waals surface area contributed by atoms with Crippen LogP contribution in [0.4, 0.5) is 16.2 Å². The maximum absolute atomic E-state index is 12.1. The highest BCUT2D eigenvalue weighted by Crippen LogP contribution is 2.23. The molecule has 2 amide bonds. The van der Waals surface area contributed by atoms with Crippen molar-refractivity contribution < 1.29 is 9.63 Å². The number of benzene rings is 2. The molecule has 0 radical (unpaired) electrons. The molecule has 4 N–H and O–H groups in total. The molecule has 9 heteroatoms. The quantitative estimate of drug-likeness (QED) is 0.600. The number of hydrazine groups is 1. The number of hydroxylamine groups is 2. The van der Waals surface area contributed by atoms with E-state index in [4.69, 9.17) is 4.84 Å². The van der Waals surface area contributed by atoms with Crippen molar-refractivity contribution in [1.82, 2.24) is 15.9 Å². The number of urea groups is 1. The molecular formula is C18H15BrN6O2. The minimum Gasteiger partial charge on any atom is -0.374 e. The van der Waals surface area contributed by atoms with Crippen molar-refractivity contribution in [1.29, 1.82) is 0 Å². The molecule has 2 heterocycles. The average Bonchev–Trinajstić information content (AvgIpc) is 3.15. The summed E-state index contributed by atoms with van der Waals surface area (Å²) in [6.45, 7) is 0. The molecular weight excluding hydrogens is 412 g/mol. The number of fused-ring (bicyclic) bond motifs is 1. The summed E-state index contributed by atoms with van der Waals surface area (Å²) in [6, 6.07) is 14.1. The molecule has 136 valence electrons. The first-order valence-electron chi connectivity index (χ1n) is 8.04. The summed E-state index contributed by atoms with van der Waals surface area (Å²) in [6.07, 6.45) is 5.05. The first-order valence-corrected chi connectivity index (χ1v) is 8.83. The summed E-state index contributed by atoms with van der Waals surface area (Å²) in [7, 11) is 0. The lowest BCUT2D eigenvalue weighted by Gasteiger charge is -2.22. The molecule has 0 aromatic heterocycles. The lowest BCUT2D eigenvalue weighted by molar-refractivity contribution is 0.0646. The third kappa shape index (κ3) is 4.04. The SMILES string of the molecule is O=C(Nc1ccc(Br)cc1)Nc1ccc(ON2C=NC=C3NNC=C32)cc1. The molecule has 0 atom stereocenters. The van der Waals surface area contributed by atoms with Crippen LogP contribution in [-0.2, 0) is 0 Å². The predicted molar refractivity (Wildman–Crippen MR) is 107 cm³/mol. The molecule has 0 saturated heterocycles. The Morgan fingerprint density at radius 2 is 1.70 bits per heavy atom. The van der Waals surface area contributed by atoms with Crippen LogP contribution >= 0.6 is 15.9 Å². The fraction of sp³-hybridized carbons (Fsp3) is 0. The Hall–Kier alpha value is -3.46. The van der Waals surface area contributed by atoms with E-state index < -0.39 is 0 Å². The lowest BCUT2D eigenvalue weighted by atomic mass is 10.3. The van der Waals surface area contributed by atoms with E-state index in [2.05, 4.69) is 42.4 Å². The molecule has 0 unspecified atom stereocenters. The number of halogens is 1. The van der Waals surface area contributed by atoms with Crippen molar-refractivity contribution in [3.8, 4) is 5.75 Å². The smallest absolute Gasteiger partial charge is 0.323 e. The minimum absolute atomic E-state index is 0.322. The van der Waals surface area contributed by atoms with Crippen LogP contribution in [-0.4, -0.2) is 17.4 Å². The Bertz CT molecular complexity index is 937. The third-order valence-corrected chi connectivity index (χ3v) is 4.25. The van der Waals surface area contributed by atoms with E-state index >= 15 is 0 Å². The van der Waals surface area contributed by atoms with Gasteiger partial charge in [0.25, 0.3) is 0 Å². The van der Waals surface area contributed by atoms with E-state index in [1.807, 2.05) is 24.3 Å². The number of carbonyl (C=O) groups excluding carboxylic acids is 1. The van der Waals surface area contributed by atoms with Crippen molar-refractivity contribution >= 4 is 39.7 Å². The standard InChI is InChI=1S/C18H15BrN6O2/c19-12-1-3-13(4-2-12)22-18(26)23-14-5-7-15(8-6-14)27-25-11-20-9-16-17(25)10-21-24-16/h1-11,21,24H,(H2,22,23,26). The monoisotopic (exact) mass is 426 g/mol. The second-order valence-electron chi connectivity index (χ2n) is 5.63. The van der Waals surface area contributed by atoms with Crippen molar-refractivity contribution in [2.45, 2.75) is 0 Å². The number of carbonyl (C=O) groups is 1. The van der Waals surface area contributed by atoms with Crippen molar-refractivity contribution in [3.05, 3.63) is 76.8 Å². The van der Waals surface area contributed by atoms with Crippen molar-refractivity contribution in [2.75, 3.05) is 10.6 Å². The number of hydrogen-bond acceptors (Lipinski definition) is 6. The molecule has 0 spiro atoms. The van der Waals surface area contributed by atoms with Gasteiger partial charge in [-0.3, -0.25) is 5.43 Å². The molecule has 2 aliphatic rings. The molecule has 4 rings (SSSR count). The summed E-state index contributed by atoms with van der Waals surface area (Å²) in [4.78, 5) is 22.0. The first kappa shape index (κ1) is 17.0. The van der Waals surface area contributed by atoms with Crippen LogP contribution in [0.5, 0.6) is 5.75 Å². The van der Waals surface area contributed by atoms with Crippen LogP contribution < -0.4 is 26.3 Å². The first-order chi connectivity index (χ1) is 13.2. The highest BCUT2D eigenvalue weighted by molar-refractivity contribution is 9.10. The van der Waals surface area contributed by atoms with Gasteiger partial charge in [0.2, 0.25) is 0 Å². The normalized spacial score (nSPS) is 14.3. The van der Waals surface area contributed by atoms with E-state index in [0.717, 1.165) is 15.9 Å². The Labute approximate surface area is 163 Å². The van der Waals surface area contributed by atoms with Crippen LogP contribution in [0.3, 0.4) is 0 Å². The molecule has 0 aliphatic carbocycles. The van der Waals surface area contributed by atoms with Crippen molar-refractivity contribution in [2.24, 2.45) is 4.99 Å². The highest BCUT2D eigenvalue weighted by Gasteiger charge is 2.21. The molecule has 0 saturated carbocycles. The Morgan fingerprint density at radius 3 is 2.41 bits per heavy atom. The van der Waals surface area contributed by atoms with Crippen LogP contribution in [0, 0.1) is 0 Å². The highest BCUT2D eigenvalue weighted by atomic mass is 79.9. The van der Waals surface area contributed by atoms with Gasteiger partial charge in [0.15, 0.2) is 5.75 Å². The summed E-state index contributed by atoms with van der Waals surface area (Å²) in [5, 5.41) is 7.09. The van der Waals surface area contributed by atoms with Gasteiger partial charge in [0.1, 0.15) is 17.7 Å². The van der Waals surface area contributed by atoms with Gasteiger partial charge in [0.05, 0.1) is 6.20 Å². The molecule has 27 heavy (non-hydrogen) atoms. The molecule has 2 aromatic rings. The molecule has 0 bridgehead atoms. The van der Waals surface area contributed by atoms with Gasteiger partial charge in [-0.15, -0.1) is 0 Å². The number of nitrogens with zero attached hydrogens (tertiary/aromatic N) is 2. The number of hydrogen-bond donors (Lipinski definition) is 4. The van der Waals surface area contributed by atoms with Gasteiger partial charge in [-0.25, -0.2) is 9.79 Å². The summed E-state index contributed by atoms with van der Waals surface area (Å²) in [5.41, 5.74) is 8.84. The van der Waals surface area contributed by atoms with Gasteiger partial charge in [-0.1, -0.05) is 15.9 Å². The van der Waals surface area contributed by atoms with E-state index in [1.54, 1.807) is 48.1 Å². The van der Waals surface area contributed by atoms with E-state index in [-0.39, 0.29) is 6.03 Å². The maximum atomic E-state index is 12.1. The topological polar surface area (TPSA) is 90.0 Å². The number of anilines is 2. The minimum atomic E-state index is -0.322. The van der Waals surface area contributed by atoms with E-state index in [9.17, 15) is 4.79 Å². The van der Waals surface area contributed by atoms with Crippen LogP contribution in [0.2, 0.25) is 0 Å². The maximum Gasteiger partial charge on any atom is 0.323 e. The fourth-order valence-electron chi connectivity index (χ4n) is 2.45. The van der Waals surface area contributed by atoms with Gasteiger partial charge < -0.3 is 20.9 Å². The Kier molecular flexibility index (Phi) is 4.67. The average molecular weight is 427 g/mol. The summed E-state index contributed by atoms with van der Waals surface area (Å²) >= 11 is 3.36. The lowest BCUT2D eigenvalue weighted by Crippen LogP contribution is -2.29. The van der Waals surface area contributed by atoms with Crippen LogP contribution in [0.25, 0.3) is 0 Å². The second-order valence-corrected chi connectivity index (χ2v) is 6.55. The van der Waals surface area contributed by atoms with Crippen molar-refractivity contribution in [3.63, 3.8) is 0 Å². The largest absolute Gasteiger partial charge is 0.374 e.